The molecule has 0 radical (unpaired) electrons. The van der Waals surface area contributed by atoms with Gasteiger partial charge < -0.3 is 9.84 Å². The number of likely N-dealkylation sites (tertiary alicyclic amines) is 1. The first kappa shape index (κ1) is 11.4. The number of para-hydroxylation sites is 1. The fraction of sp³-hybridized carbons (Fsp3) is 0.538. The Morgan fingerprint density at radius 3 is 2.62 bits per heavy atom. The fourth-order valence-corrected chi connectivity index (χ4v) is 1.92. The summed E-state index contributed by atoms with van der Waals surface area (Å²) in [5.41, 5.74) is 0. The van der Waals surface area contributed by atoms with Gasteiger partial charge in [0.25, 0.3) is 0 Å². The molecule has 1 heterocycles. The van der Waals surface area contributed by atoms with Gasteiger partial charge in [0.15, 0.2) is 0 Å². The summed E-state index contributed by atoms with van der Waals surface area (Å²) in [7, 11) is 0. The molecule has 1 N–H and O–H groups in total. The van der Waals surface area contributed by atoms with Crippen LogP contribution in [0.5, 0.6) is 5.75 Å². The third-order valence-electron chi connectivity index (χ3n) is 2.85. The molecule has 0 bridgehead atoms. The molecule has 3 heteroatoms. The van der Waals surface area contributed by atoms with Crippen molar-refractivity contribution in [1.82, 2.24) is 4.90 Å². The van der Waals surface area contributed by atoms with Gasteiger partial charge in [0, 0.05) is 19.7 Å². The normalized spacial score (nSPS) is 17.1. The Morgan fingerprint density at radius 1 is 1.19 bits per heavy atom. The van der Waals surface area contributed by atoms with Crippen LogP contribution in [0.25, 0.3) is 0 Å². The number of rotatable bonds is 6. The molecule has 1 aliphatic heterocycles. The van der Waals surface area contributed by atoms with Crippen LogP contribution in [-0.2, 0) is 0 Å². The number of aliphatic hydroxyl groups excluding tert-OH is 1. The molecular formula is C13H19NO2. The molecule has 3 nitrogen and oxygen atoms in total. The number of nitrogens with zero attached hydrogens (tertiary/aromatic N) is 1. The van der Waals surface area contributed by atoms with Crippen molar-refractivity contribution >= 4 is 0 Å². The molecule has 1 aliphatic rings. The van der Waals surface area contributed by atoms with E-state index < -0.39 is 0 Å². The van der Waals surface area contributed by atoms with E-state index in [1.807, 2.05) is 30.3 Å². The first-order valence-corrected chi connectivity index (χ1v) is 5.93. The average molecular weight is 221 g/mol. The van der Waals surface area contributed by atoms with E-state index in [-0.39, 0.29) is 0 Å². The van der Waals surface area contributed by atoms with Crippen molar-refractivity contribution in [2.45, 2.75) is 18.9 Å². The number of benzene rings is 1. The average Bonchev–Trinajstić information content (AvgIpc) is 2.27. The molecule has 1 aromatic carbocycles. The number of hydrogen-bond acceptors (Lipinski definition) is 3. The molecule has 0 unspecified atom stereocenters. The minimum Gasteiger partial charge on any atom is -0.488 e. The Labute approximate surface area is 96.6 Å². The highest BCUT2D eigenvalue weighted by Crippen LogP contribution is 2.17. The lowest BCUT2D eigenvalue weighted by molar-refractivity contribution is 0.0185. The molecule has 1 fully saturated rings. The van der Waals surface area contributed by atoms with E-state index in [0.717, 1.165) is 38.2 Å². The second-order valence-electron chi connectivity index (χ2n) is 4.24. The first-order valence-electron chi connectivity index (χ1n) is 5.93. The summed E-state index contributed by atoms with van der Waals surface area (Å²) in [6.07, 6.45) is 2.33. The van der Waals surface area contributed by atoms with E-state index in [1.54, 1.807) is 0 Å². The van der Waals surface area contributed by atoms with Crippen molar-refractivity contribution in [2.24, 2.45) is 0 Å². The minimum atomic E-state index is 0.303. The smallest absolute Gasteiger partial charge is 0.124 e. The molecular weight excluding hydrogens is 202 g/mol. The highest BCUT2D eigenvalue weighted by atomic mass is 16.5. The first-order chi connectivity index (χ1) is 7.88. The molecule has 0 saturated carbocycles. The summed E-state index contributed by atoms with van der Waals surface area (Å²) in [5.74, 6) is 0.961. The van der Waals surface area contributed by atoms with Crippen LogP contribution in [0.4, 0.5) is 0 Å². The predicted octanol–water partition coefficient (Wildman–Crippen LogP) is 1.52. The number of hydrogen-bond donors (Lipinski definition) is 1. The Kier molecular flexibility index (Phi) is 4.19. The van der Waals surface area contributed by atoms with Crippen LogP contribution >= 0.6 is 0 Å². The lowest BCUT2D eigenvalue weighted by Gasteiger charge is -2.39. The Morgan fingerprint density at radius 2 is 1.94 bits per heavy atom. The standard InChI is InChI=1S/C13H19NO2/c15-9-5-4-8-14-10-13(11-14)16-12-6-2-1-3-7-12/h1-3,6-7,13,15H,4-5,8-11H2. The summed E-state index contributed by atoms with van der Waals surface area (Å²) in [5, 5.41) is 8.67. The monoisotopic (exact) mass is 221 g/mol. The fourth-order valence-electron chi connectivity index (χ4n) is 1.92. The third-order valence-corrected chi connectivity index (χ3v) is 2.85. The van der Waals surface area contributed by atoms with Crippen molar-refractivity contribution < 1.29 is 9.84 Å². The minimum absolute atomic E-state index is 0.303. The zero-order valence-electron chi connectivity index (χ0n) is 9.51. The highest BCUT2D eigenvalue weighted by molar-refractivity contribution is 5.21. The van der Waals surface area contributed by atoms with Crippen LogP contribution in [0.1, 0.15) is 12.8 Å². The predicted molar refractivity (Wildman–Crippen MR) is 63.6 cm³/mol. The van der Waals surface area contributed by atoms with Crippen molar-refractivity contribution in [1.29, 1.82) is 0 Å². The molecule has 1 saturated heterocycles. The Balaban J connectivity index is 1.62. The molecule has 0 aliphatic carbocycles. The molecule has 0 spiro atoms. The zero-order valence-corrected chi connectivity index (χ0v) is 9.51. The molecule has 1 aromatic rings. The van der Waals surface area contributed by atoms with Crippen LogP contribution in [0.2, 0.25) is 0 Å². The summed E-state index contributed by atoms with van der Waals surface area (Å²) < 4.78 is 5.80. The second-order valence-corrected chi connectivity index (χ2v) is 4.24. The quantitative estimate of drug-likeness (QED) is 0.739. The van der Waals surface area contributed by atoms with E-state index in [0.29, 0.717) is 12.7 Å². The summed E-state index contributed by atoms with van der Waals surface area (Å²) in [6.45, 7) is 3.41. The summed E-state index contributed by atoms with van der Waals surface area (Å²) in [4.78, 5) is 2.36. The van der Waals surface area contributed by atoms with E-state index in [2.05, 4.69) is 4.90 Å². The zero-order chi connectivity index (χ0) is 11.2. The molecule has 16 heavy (non-hydrogen) atoms. The lowest BCUT2D eigenvalue weighted by Crippen LogP contribution is -2.53. The van der Waals surface area contributed by atoms with E-state index >= 15 is 0 Å². The van der Waals surface area contributed by atoms with Gasteiger partial charge in [-0.05, 0) is 31.5 Å². The third kappa shape index (κ3) is 3.22. The maximum absolute atomic E-state index is 8.67. The summed E-state index contributed by atoms with van der Waals surface area (Å²) in [6, 6.07) is 9.97. The van der Waals surface area contributed by atoms with Gasteiger partial charge in [0.05, 0.1) is 0 Å². The number of ether oxygens (including phenoxy) is 1. The molecule has 0 atom stereocenters. The Bertz CT molecular complexity index is 296. The van der Waals surface area contributed by atoms with Crippen LogP contribution in [0, 0.1) is 0 Å². The number of aliphatic hydroxyl groups is 1. The van der Waals surface area contributed by atoms with Gasteiger partial charge in [0.2, 0.25) is 0 Å². The van der Waals surface area contributed by atoms with E-state index in [4.69, 9.17) is 9.84 Å². The largest absolute Gasteiger partial charge is 0.488 e. The van der Waals surface area contributed by atoms with Gasteiger partial charge in [0.1, 0.15) is 11.9 Å². The van der Waals surface area contributed by atoms with Crippen molar-refractivity contribution in [3.63, 3.8) is 0 Å². The maximum atomic E-state index is 8.67. The molecule has 2 rings (SSSR count). The molecule has 0 aromatic heterocycles. The topological polar surface area (TPSA) is 32.7 Å². The summed E-state index contributed by atoms with van der Waals surface area (Å²) >= 11 is 0. The van der Waals surface area contributed by atoms with Gasteiger partial charge in [-0.25, -0.2) is 0 Å². The van der Waals surface area contributed by atoms with Crippen LogP contribution in [0.3, 0.4) is 0 Å². The van der Waals surface area contributed by atoms with Gasteiger partial charge in [-0.1, -0.05) is 18.2 Å². The highest BCUT2D eigenvalue weighted by Gasteiger charge is 2.27. The molecule has 0 amide bonds. The second kappa shape index (κ2) is 5.87. The van der Waals surface area contributed by atoms with Crippen molar-refractivity contribution in [3.05, 3.63) is 30.3 Å². The lowest BCUT2D eigenvalue weighted by atomic mass is 10.1. The van der Waals surface area contributed by atoms with Crippen molar-refractivity contribution in [3.8, 4) is 5.75 Å². The molecule has 88 valence electrons. The SMILES string of the molecule is OCCCCN1CC(Oc2ccccc2)C1. The van der Waals surface area contributed by atoms with Crippen LogP contribution < -0.4 is 4.74 Å². The van der Waals surface area contributed by atoms with E-state index in [9.17, 15) is 0 Å². The van der Waals surface area contributed by atoms with Gasteiger partial charge in [-0.2, -0.15) is 0 Å². The van der Waals surface area contributed by atoms with Crippen LogP contribution in [-0.4, -0.2) is 42.4 Å². The van der Waals surface area contributed by atoms with Gasteiger partial charge in [-0.15, -0.1) is 0 Å². The van der Waals surface area contributed by atoms with Crippen LogP contribution in [0.15, 0.2) is 30.3 Å². The Hall–Kier alpha value is -1.06. The van der Waals surface area contributed by atoms with E-state index in [1.165, 1.54) is 0 Å². The maximum Gasteiger partial charge on any atom is 0.124 e. The van der Waals surface area contributed by atoms with Gasteiger partial charge in [-0.3, -0.25) is 4.90 Å². The number of unbranched alkanes of at least 4 members (excludes halogenated alkanes) is 1. The van der Waals surface area contributed by atoms with Gasteiger partial charge >= 0.3 is 0 Å². The van der Waals surface area contributed by atoms with Crippen molar-refractivity contribution in [2.75, 3.05) is 26.2 Å².